The molecule has 0 fully saturated rings. The zero-order chi connectivity index (χ0) is 18.1. The summed E-state index contributed by atoms with van der Waals surface area (Å²) in [7, 11) is 0. The van der Waals surface area contributed by atoms with E-state index in [4.69, 9.17) is 0 Å². The molecule has 0 aliphatic rings. The van der Waals surface area contributed by atoms with Gasteiger partial charge in [-0.2, -0.15) is 0 Å². The Kier molecular flexibility index (Phi) is 3.96. The number of aromatic nitrogens is 4. The number of rotatable bonds is 3. The molecule has 0 spiro atoms. The molecule has 0 radical (unpaired) electrons. The molecule has 3 heterocycles. The number of fused-ring (bicyclic) bond motifs is 1. The first-order chi connectivity index (χ1) is 12.6. The van der Waals surface area contributed by atoms with E-state index in [2.05, 4.69) is 15.0 Å². The van der Waals surface area contributed by atoms with Crippen LogP contribution in [0.15, 0.2) is 66.1 Å². The molecular weight excluding hydrogens is 338 g/mol. The van der Waals surface area contributed by atoms with Crippen LogP contribution in [-0.4, -0.2) is 19.5 Å². The Bertz CT molecular complexity index is 1140. The number of hydrogen-bond acceptors (Lipinski definition) is 4. The average molecular weight is 350 g/mol. The summed E-state index contributed by atoms with van der Waals surface area (Å²) in [6.45, 7) is -0.240. The lowest BCUT2D eigenvalue weighted by atomic mass is 10.0. The van der Waals surface area contributed by atoms with Gasteiger partial charge in [0.2, 0.25) is 0 Å². The van der Waals surface area contributed by atoms with Crippen LogP contribution in [0.1, 0.15) is 5.56 Å². The van der Waals surface area contributed by atoms with Gasteiger partial charge in [-0.1, -0.05) is 0 Å². The second kappa shape index (κ2) is 6.44. The second-order valence-electron chi connectivity index (χ2n) is 5.70. The highest BCUT2D eigenvalue weighted by molar-refractivity contribution is 5.73. The van der Waals surface area contributed by atoms with Gasteiger partial charge in [0, 0.05) is 24.2 Å². The Labute approximate surface area is 146 Å². The molecule has 0 saturated carbocycles. The third-order valence-electron chi connectivity index (χ3n) is 4.12. The lowest BCUT2D eigenvalue weighted by Gasteiger charge is -2.12. The van der Waals surface area contributed by atoms with Crippen LogP contribution in [0.2, 0.25) is 0 Å². The number of halogens is 2. The van der Waals surface area contributed by atoms with E-state index >= 15 is 0 Å². The Morgan fingerprint density at radius 2 is 1.58 bits per heavy atom. The van der Waals surface area contributed by atoms with Gasteiger partial charge >= 0.3 is 0 Å². The number of benzene rings is 1. The minimum Gasteiger partial charge on any atom is -0.301 e. The van der Waals surface area contributed by atoms with Gasteiger partial charge in [0.1, 0.15) is 17.2 Å². The third kappa shape index (κ3) is 2.83. The highest BCUT2D eigenvalue weighted by Crippen LogP contribution is 2.25. The predicted molar refractivity (Wildman–Crippen MR) is 92.5 cm³/mol. The van der Waals surface area contributed by atoms with Crippen molar-refractivity contribution >= 4 is 11.0 Å². The Morgan fingerprint density at radius 1 is 0.885 bits per heavy atom. The standard InChI is InChI=1S/C19H12F2N4O/c20-15-7-13(12-1-4-22-5-2-12)8-16(21)14(15)11-25-18-3-6-23-9-17(18)24-10-19(25)26/h1-10H,11H2. The highest BCUT2D eigenvalue weighted by atomic mass is 19.1. The molecule has 0 unspecified atom stereocenters. The van der Waals surface area contributed by atoms with E-state index in [1.54, 1.807) is 30.6 Å². The van der Waals surface area contributed by atoms with Crippen molar-refractivity contribution in [2.24, 2.45) is 0 Å². The first-order valence-electron chi connectivity index (χ1n) is 7.81. The van der Waals surface area contributed by atoms with Crippen molar-refractivity contribution in [1.29, 1.82) is 0 Å². The number of nitrogens with zero attached hydrogens (tertiary/aromatic N) is 4. The molecule has 3 aromatic heterocycles. The van der Waals surface area contributed by atoms with Gasteiger partial charge in [0.25, 0.3) is 5.56 Å². The maximum absolute atomic E-state index is 14.6. The fourth-order valence-corrected chi connectivity index (χ4v) is 2.81. The minimum absolute atomic E-state index is 0.186. The Morgan fingerprint density at radius 3 is 2.31 bits per heavy atom. The molecule has 4 rings (SSSR count). The van der Waals surface area contributed by atoms with Crippen molar-refractivity contribution in [1.82, 2.24) is 19.5 Å². The van der Waals surface area contributed by atoms with Crippen LogP contribution in [0.3, 0.4) is 0 Å². The van der Waals surface area contributed by atoms with Crippen LogP contribution in [0.25, 0.3) is 22.2 Å². The maximum Gasteiger partial charge on any atom is 0.269 e. The average Bonchev–Trinajstić information content (AvgIpc) is 2.66. The summed E-state index contributed by atoms with van der Waals surface area (Å²) in [5, 5.41) is 0. The largest absolute Gasteiger partial charge is 0.301 e. The van der Waals surface area contributed by atoms with Gasteiger partial charge < -0.3 is 4.57 Å². The molecular formula is C19H12F2N4O. The molecule has 0 aliphatic carbocycles. The molecule has 5 nitrogen and oxygen atoms in total. The van der Waals surface area contributed by atoms with Crippen molar-refractivity contribution in [3.05, 3.63) is 88.9 Å². The first-order valence-corrected chi connectivity index (χ1v) is 7.81. The van der Waals surface area contributed by atoms with Gasteiger partial charge in [-0.25, -0.2) is 13.8 Å². The van der Waals surface area contributed by atoms with Crippen LogP contribution in [0, 0.1) is 11.6 Å². The van der Waals surface area contributed by atoms with E-state index in [1.807, 2.05) is 0 Å². The number of hydrogen-bond donors (Lipinski definition) is 0. The van der Waals surface area contributed by atoms with Crippen molar-refractivity contribution < 1.29 is 8.78 Å². The predicted octanol–water partition coefficient (Wildman–Crippen LogP) is 3.18. The summed E-state index contributed by atoms with van der Waals surface area (Å²) in [6.07, 6.45) is 7.21. The summed E-state index contributed by atoms with van der Waals surface area (Å²) in [5.74, 6) is -1.44. The fourth-order valence-electron chi connectivity index (χ4n) is 2.81. The molecule has 1 aromatic carbocycles. The molecule has 4 aromatic rings. The molecule has 0 saturated heterocycles. The topological polar surface area (TPSA) is 60.7 Å². The smallest absolute Gasteiger partial charge is 0.269 e. The van der Waals surface area contributed by atoms with E-state index in [0.29, 0.717) is 22.2 Å². The van der Waals surface area contributed by atoms with E-state index < -0.39 is 17.2 Å². The summed E-state index contributed by atoms with van der Waals surface area (Å²) < 4.78 is 30.5. The van der Waals surface area contributed by atoms with Crippen LogP contribution < -0.4 is 5.56 Å². The first kappa shape index (κ1) is 16.0. The van der Waals surface area contributed by atoms with Crippen molar-refractivity contribution in [2.75, 3.05) is 0 Å². The summed E-state index contributed by atoms with van der Waals surface area (Å²) in [5.41, 5.74) is 1.37. The van der Waals surface area contributed by atoms with E-state index in [0.717, 1.165) is 6.20 Å². The SMILES string of the molecule is O=c1cnc2cnccc2n1Cc1c(F)cc(-c2ccncc2)cc1F. The molecule has 7 heteroatoms. The Hall–Kier alpha value is -3.48. The van der Waals surface area contributed by atoms with Crippen LogP contribution in [-0.2, 0) is 6.54 Å². The second-order valence-corrected chi connectivity index (χ2v) is 5.70. The number of pyridine rings is 2. The van der Waals surface area contributed by atoms with Crippen LogP contribution >= 0.6 is 0 Å². The lowest BCUT2D eigenvalue weighted by molar-refractivity contribution is 0.545. The monoisotopic (exact) mass is 350 g/mol. The minimum atomic E-state index is -0.720. The van der Waals surface area contributed by atoms with E-state index in [9.17, 15) is 13.6 Å². The molecule has 128 valence electrons. The quantitative estimate of drug-likeness (QED) is 0.569. The normalized spacial score (nSPS) is 11.0. The summed E-state index contributed by atoms with van der Waals surface area (Å²) >= 11 is 0. The molecule has 0 atom stereocenters. The lowest BCUT2D eigenvalue weighted by Crippen LogP contribution is -2.22. The maximum atomic E-state index is 14.6. The zero-order valence-corrected chi connectivity index (χ0v) is 13.4. The van der Waals surface area contributed by atoms with Gasteiger partial charge in [-0.05, 0) is 41.5 Å². The van der Waals surface area contributed by atoms with Gasteiger partial charge in [0.05, 0.1) is 24.5 Å². The molecule has 26 heavy (non-hydrogen) atoms. The van der Waals surface area contributed by atoms with E-state index in [1.165, 1.54) is 29.1 Å². The van der Waals surface area contributed by atoms with Gasteiger partial charge in [0.15, 0.2) is 0 Å². The molecule has 0 N–H and O–H groups in total. The molecule has 0 aliphatic heterocycles. The van der Waals surface area contributed by atoms with Crippen molar-refractivity contribution in [3.63, 3.8) is 0 Å². The third-order valence-corrected chi connectivity index (χ3v) is 4.12. The van der Waals surface area contributed by atoms with Gasteiger partial charge in [-0.15, -0.1) is 0 Å². The zero-order valence-electron chi connectivity index (χ0n) is 13.4. The Balaban J connectivity index is 1.81. The van der Waals surface area contributed by atoms with Crippen molar-refractivity contribution in [3.8, 4) is 11.1 Å². The molecule has 0 bridgehead atoms. The van der Waals surface area contributed by atoms with E-state index in [-0.39, 0.29) is 12.1 Å². The van der Waals surface area contributed by atoms with Gasteiger partial charge in [-0.3, -0.25) is 14.8 Å². The highest BCUT2D eigenvalue weighted by Gasteiger charge is 2.15. The van der Waals surface area contributed by atoms with Crippen molar-refractivity contribution in [2.45, 2.75) is 6.54 Å². The summed E-state index contributed by atoms with van der Waals surface area (Å²) in [6, 6.07) is 7.43. The van der Waals surface area contributed by atoms with Crippen LogP contribution in [0.4, 0.5) is 8.78 Å². The molecule has 0 amide bonds. The summed E-state index contributed by atoms with van der Waals surface area (Å²) in [4.78, 5) is 24.0. The fraction of sp³-hybridized carbons (Fsp3) is 0.0526. The van der Waals surface area contributed by atoms with Crippen LogP contribution in [0.5, 0.6) is 0 Å².